The van der Waals surface area contributed by atoms with Gasteiger partial charge in [-0.05, 0) is 24.3 Å². The first-order valence-electron chi connectivity index (χ1n) is 5.12. The van der Waals surface area contributed by atoms with Crippen LogP contribution in [0.5, 0.6) is 0 Å². The van der Waals surface area contributed by atoms with Crippen LogP contribution in [0, 0.1) is 0 Å². The van der Waals surface area contributed by atoms with Crippen molar-refractivity contribution >= 4 is 17.4 Å². The van der Waals surface area contributed by atoms with Crippen LogP contribution in [0.2, 0.25) is 5.02 Å². The zero-order valence-electron chi connectivity index (χ0n) is 9.11. The maximum atomic E-state index is 12.6. The van der Waals surface area contributed by atoms with Crippen LogP contribution in [0.25, 0.3) is 0 Å². The minimum Gasteiger partial charge on any atom is -0.288 e. The van der Waals surface area contributed by atoms with E-state index >= 15 is 0 Å². The second-order valence-corrected chi connectivity index (χ2v) is 4.02. The van der Waals surface area contributed by atoms with Gasteiger partial charge < -0.3 is 0 Å². The minimum atomic E-state index is -2.64. The highest BCUT2D eigenvalue weighted by Gasteiger charge is 2.16. The molecule has 1 heterocycles. The fourth-order valence-electron chi connectivity index (χ4n) is 1.51. The van der Waals surface area contributed by atoms with E-state index in [1.165, 1.54) is 24.5 Å². The highest BCUT2D eigenvalue weighted by Crippen LogP contribution is 2.26. The molecule has 1 aromatic carbocycles. The first-order valence-corrected chi connectivity index (χ1v) is 5.49. The summed E-state index contributed by atoms with van der Waals surface area (Å²) in [5, 5.41) is 0.147. The first-order chi connectivity index (χ1) is 8.59. The Morgan fingerprint density at radius 3 is 2.67 bits per heavy atom. The van der Waals surface area contributed by atoms with Gasteiger partial charge in [0.15, 0.2) is 5.78 Å². The SMILES string of the molecule is O=C(c1cccnc1)c1cc(C(F)F)ccc1Cl. The Morgan fingerprint density at radius 1 is 1.28 bits per heavy atom. The predicted octanol–water partition coefficient (Wildman–Crippen LogP) is 3.90. The fourth-order valence-corrected chi connectivity index (χ4v) is 1.71. The van der Waals surface area contributed by atoms with E-state index in [4.69, 9.17) is 11.6 Å². The maximum absolute atomic E-state index is 12.6. The van der Waals surface area contributed by atoms with Gasteiger partial charge in [-0.2, -0.15) is 0 Å². The summed E-state index contributed by atoms with van der Waals surface area (Å²) in [7, 11) is 0. The lowest BCUT2D eigenvalue weighted by Crippen LogP contribution is -2.03. The summed E-state index contributed by atoms with van der Waals surface area (Å²) in [6.45, 7) is 0. The van der Waals surface area contributed by atoms with Gasteiger partial charge in [0.2, 0.25) is 0 Å². The van der Waals surface area contributed by atoms with Crippen molar-refractivity contribution < 1.29 is 13.6 Å². The third-order valence-electron chi connectivity index (χ3n) is 2.41. The van der Waals surface area contributed by atoms with E-state index in [0.29, 0.717) is 5.56 Å². The highest BCUT2D eigenvalue weighted by molar-refractivity contribution is 6.35. The van der Waals surface area contributed by atoms with Crippen LogP contribution in [0.4, 0.5) is 8.78 Å². The molecule has 0 radical (unpaired) electrons. The first kappa shape index (κ1) is 12.6. The number of pyridine rings is 1. The number of carbonyl (C=O) groups is 1. The summed E-state index contributed by atoms with van der Waals surface area (Å²) in [6.07, 6.45) is 0.254. The van der Waals surface area contributed by atoms with E-state index in [1.54, 1.807) is 12.1 Å². The van der Waals surface area contributed by atoms with E-state index in [1.807, 2.05) is 0 Å². The van der Waals surface area contributed by atoms with Gasteiger partial charge in [0.05, 0.1) is 5.02 Å². The van der Waals surface area contributed by atoms with Crippen LogP contribution >= 0.6 is 11.6 Å². The summed E-state index contributed by atoms with van der Waals surface area (Å²) < 4.78 is 25.2. The van der Waals surface area contributed by atoms with Gasteiger partial charge in [-0.3, -0.25) is 9.78 Å². The number of halogens is 3. The smallest absolute Gasteiger partial charge is 0.263 e. The normalized spacial score (nSPS) is 10.7. The maximum Gasteiger partial charge on any atom is 0.263 e. The van der Waals surface area contributed by atoms with Crippen molar-refractivity contribution in [3.8, 4) is 0 Å². The lowest BCUT2D eigenvalue weighted by molar-refractivity contribution is 0.103. The van der Waals surface area contributed by atoms with Crippen molar-refractivity contribution in [2.24, 2.45) is 0 Å². The molecule has 18 heavy (non-hydrogen) atoms. The van der Waals surface area contributed by atoms with Gasteiger partial charge in [0, 0.05) is 29.1 Å². The zero-order chi connectivity index (χ0) is 13.1. The minimum absolute atomic E-state index is 0.0578. The number of ketones is 1. The second-order valence-electron chi connectivity index (χ2n) is 3.61. The summed E-state index contributed by atoms with van der Waals surface area (Å²) in [4.78, 5) is 15.9. The molecule has 0 saturated carbocycles. The average molecular weight is 268 g/mol. The number of alkyl halides is 2. The number of hydrogen-bond acceptors (Lipinski definition) is 2. The Kier molecular flexibility index (Phi) is 3.67. The molecule has 0 amide bonds. The molecule has 2 nitrogen and oxygen atoms in total. The molecule has 92 valence electrons. The molecule has 5 heteroatoms. The van der Waals surface area contributed by atoms with Crippen LogP contribution in [0.1, 0.15) is 27.9 Å². The number of hydrogen-bond donors (Lipinski definition) is 0. The Balaban J connectivity index is 2.45. The molecule has 2 rings (SSSR count). The summed E-state index contributed by atoms with van der Waals surface area (Å²) in [5.41, 5.74) is 0.139. The number of nitrogens with zero attached hydrogens (tertiary/aromatic N) is 1. The quantitative estimate of drug-likeness (QED) is 0.790. The van der Waals surface area contributed by atoms with Gasteiger partial charge in [-0.15, -0.1) is 0 Å². The second kappa shape index (κ2) is 5.23. The molecule has 0 unspecified atom stereocenters. The van der Waals surface area contributed by atoms with Crippen LogP contribution < -0.4 is 0 Å². The molecule has 0 saturated heterocycles. The molecule has 0 aliphatic carbocycles. The van der Waals surface area contributed by atoms with E-state index in [2.05, 4.69) is 4.98 Å². The summed E-state index contributed by atoms with van der Waals surface area (Å²) in [6, 6.07) is 6.76. The van der Waals surface area contributed by atoms with Crippen LogP contribution in [-0.2, 0) is 0 Å². The Bertz CT molecular complexity index is 572. The van der Waals surface area contributed by atoms with Gasteiger partial charge in [-0.1, -0.05) is 17.7 Å². The molecular weight excluding hydrogens is 260 g/mol. The standard InChI is InChI=1S/C13H8ClF2NO/c14-11-4-3-8(13(15)16)6-10(11)12(18)9-2-1-5-17-7-9/h1-7,13H. The van der Waals surface area contributed by atoms with E-state index < -0.39 is 12.2 Å². The molecular formula is C13H8ClF2NO. The Morgan fingerprint density at radius 2 is 2.06 bits per heavy atom. The molecule has 0 aliphatic heterocycles. The van der Waals surface area contributed by atoms with Gasteiger partial charge in [0.25, 0.3) is 6.43 Å². The number of aromatic nitrogens is 1. The largest absolute Gasteiger partial charge is 0.288 e. The molecule has 0 atom stereocenters. The lowest BCUT2D eigenvalue weighted by Gasteiger charge is -2.06. The van der Waals surface area contributed by atoms with E-state index in [0.717, 1.165) is 6.07 Å². The lowest BCUT2D eigenvalue weighted by atomic mass is 10.0. The molecule has 1 aromatic heterocycles. The molecule has 0 aliphatic rings. The van der Waals surface area contributed by atoms with Crippen molar-refractivity contribution in [2.45, 2.75) is 6.43 Å². The molecule has 0 fully saturated rings. The number of rotatable bonds is 3. The topological polar surface area (TPSA) is 30.0 Å². The van der Waals surface area contributed by atoms with Crippen LogP contribution in [0.3, 0.4) is 0 Å². The summed E-state index contributed by atoms with van der Waals surface area (Å²) in [5.74, 6) is -0.421. The third-order valence-corrected chi connectivity index (χ3v) is 2.74. The zero-order valence-corrected chi connectivity index (χ0v) is 9.86. The number of benzene rings is 1. The van der Waals surface area contributed by atoms with Crippen molar-refractivity contribution in [1.29, 1.82) is 0 Å². The Labute approximate surface area is 107 Å². The van der Waals surface area contributed by atoms with Crippen LogP contribution in [-0.4, -0.2) is 10.8 Å². The molecule has 0 spiro atoms. The third kappa shape index (κ3) is 2.54. The van der Waals surface area contributed by atoms with Crippen molar-refractivity contribution in [2.75, 3.05) is 0 Å². The predicted molar refractivity (Wildman–Crippen MR) is 64.1 cm³/mol. The van der Waals surface area contributed by atoms with Gasteiger partial charge >= 0.3 is 0 Å². The van der Waals surface area contributed by atoms with Crippen LogP contribution in [0.15, 0.2) is 42.7 Å². The molecule has 0 N–H and O–H groups in total. The number of carbonyl (C=O) groups excluding carboxylic acids is 1. The monoisotopic (exact) mass is 267 g/mol. The Hall–Kier alpha value is -1.81. The highest BCUT2D eigenvalue weighted by atomic mass is 35.5. The fraction of sp³-hybridized carbons (Fsp3) is 0.0769. The van der Waals surface area contributed by atoms with E-state index in [-0.39, 0.29) is 16.1 Å². The van der Waals surface area contributed by atoms with Crippen molar-refractivity contribution in [3.63, 3.8) is 0 Å². The van der Waals surface area contributed by atoms with E-state index in [9.17, 15) is 13.6 Å². The van der Waals surface area contributed by atoms with Crippen molar-refractivity contribution in [3.05, 3.63) is 64.4 Å². The van der Waals surface area contributed by atoms with Gasteiger partial charge in [-0.25, -0.2) is 8.78 Å². The average Bonchev–Trinajstić information content (AvgIpc) is 2.39. The summed E-state index contributed by atoms with van der Waals surface area (Å²) >= 11 is 5.86. The molecule has 2 aromatic rings. The molecule has 0 bridgehead atoms. The van der Waals surface area contributed by atoms with Crippen molar-refractivity contribution in [1.82, 2.24) is 4.98 Å². The van der Waals surface area contributed by atoms with Gasteiger partial charge in [0.1, 0.15) is 0 Å².